The van der Waals surface area contributed by atoms with E-state index in [0.717, 1.165) is 43.2 Å². The van der Waals surface area contributed by atoms with Gasteiger partial charge in [0.1, 0.15) is 28.8 Å². The number of carbonyl (C=O) groups excluding carboxylic acids is 1. The van der Waals surface area contributed by atoms with Crippen molar-refractivity contribution in [2.45, 2.75) is 25.8 Å². The number of rotatable bonds is 4. The van der Waals surface area contributed by atoms with Gasteiger partial charge in [0.25, 0.3) is 11.6 Å². The number of anilines is 2. The molecule has 3 N–H and O–H groups in total. The molecule has 5 rings (SSSR count). The maximum absolute atomic E-state index is 14.5. The Morgan fingerprint density at radius 3 is 2.64 bits per heavy atom. The van der Waals surface area contributed by atoms with Gasteiger partial charge in [-0.1, -0.05) is 11.2 Å². The van der Waals surface area contributed by atoms with Crippen LogP contribution in [0.15, 0.2) is 41.1 Å². The van der Waals surface area contributed by atoms with Crippen molar-refractivity contribution < 1.29 is 22.5 Å². The zero-order valence-electron chi connectivity index (χ0n) is 19.1. The Labute approximate surface area is 210 Å². The minimum Gasteiger partial charge on any atom is -0.368 e. The summed E-state index contributed by atoms with van der Waals surface area (Å²) in [7, 11) is 0. The van der Waals surface area contributed by atoms with Gasteiger partial charge in [-0.2, -0.15) is 0 Å². The smallest absolute Gasteiger partial charge is 0.274 e. The highest BCUT2D eigenvalue weighted by atomic mass is 35.5. The molecule has 0 aliphatic carbocycles. The van der Waals surface area contributed by atoms with Crippen molar-refractivity contribution in [2.24, 2.45) is 5.73 Å². The highest BCUT2D eigenvalue weighted by Crippen LogP contribution is 2.37. The lowest BCUT2D eigenvalue weighted by Gasteiger charge is -2.34. The number of pyridine rings is 2. The summed E-state index contributed by atoms with van der Waals surface area (Å²) in [5.41, 5.74) is 6.62. The number of nitrogens with two attached hydrogens (primary N) is 1. The fourth-order valence-electron chi connectivity index (χ4n) is 4.32. The molecule has 8 nitrogen and oxygen atoms in total. The molecule has 1 aliphatic rings. The van der Waals surface area contributed by atoms with E-state index in [1.165, 1.54) is 6.20 Å². The molecule has 36 heavy (non-hydrogen) atoms. The molecule has 1 unspecified atom stereocenters. The van der Waals surface area contributed by atoms with Crippen LogP contribution < -0.4 is 16.0 Å². The third-order valence-corrected chi connectivity index (χ3v) is 5.95. The van der Waals surface area contributed by atoms with Crippen molar-refractivity contribution in [1.29, 1.82) is 0 Å². The number of hydrogen-bond acceptors (Lipinski definition) is 7. The normalized spacial score (nSPS) is 15.6. The second kappa shape index (κ2) is 10.1. The van der Waals surface area contributed by atoms with Crippen LogP contribution >= 0.6 is 12.4 Å². The first kappa shape index (κ1) is 25.4. The van der Waals surface area contributed by atoms with Crippen LogP contribution in [-0.4, -0.2) is 40.2 Å². The predicted molar refractivity (Wildman–Crippen MR) is 131 cm³/mol. The largest absolute Gasteiger partial charge is 0.368 e. The standard InChI is InChI=1S/C24H21F3N6O2.ClH/c1-12-19-22(33-9-3-4-13(28)11-33)18(10-29-24(19)35-32-12)31-23(34)17-8-7-16(27)21(30-17)20-14(25)5-2-6-15(20)26;/h2,5-8,10,13H,3-4,9,11,28H2,1H3,(H,31,34);1H. The molecule has 1 atom stereocenters. The fourth-order valence-corrected chi connectivity index (χ4v) is 4.32. The lowest BCUT2D eigenvalue weighted by Crippen LogP contribution is -2.43. The summed E-state index contributed by atoms with van der Waals surface area (Å²) in [6, 6.07) is 5.17. The van der Waals surface area contributed by atoms with E-state index in [2.05, 4.69) is 20.4 Å². The van der Waals surface area contributed by atoms with E-state index in [4.69, 9.17) is 10.3 Å². The number of piperidine rings is 1. The average Bonchev–Trinajstić information content (AvgIpc) is 3.20. The van der Waals surface area contributed by atoms with Crippen LogP contribution in [0.1, 0.15) is 29.0 Å². The number of benzene rings is 1. The minimum absolute atomic E-state index is 0. The van der Waals surface area contributed by atoms with Crippen LogP contribution in [0.2, 0.25) is 0 Å². The van der Waals surface area contributed by atoms with E-state index in [1.54, 1.807) is 6.92 Å². The number of carbonyl (C=O) groups is 1. The summed E-state index contributed by atoms with van der Waals surface area (Å²) in [4.78, 5) is 23.4. The van der Waals surface area contributed by atoms with Crippen LogP contribution in [0.4, 0.5) is 24.5 Å². The first-order valence-electron chi connectivity index (χ1n) is 11.0. The molecule has 1 saturated heterocycles. The molecule has 188 valence electrons. The van der Waals surface area contributed by atoms with Crippen molar-refractivity contribution in [1.82, 2.24) is 15.1 Å². The van der Waals surface area contributed by atoms with Gasteiger partial charge in [-0.25, -0.2) is 23.1 Å². The monoisotopic (exact) mass is 518 g/mol. The zero-order chi connectivity index (χ0) is 24.7. The Morgan fingerprint density at radius 2 is 1.92 bits per heavy atom. The molecule has 3 aromatic heterocycles. The number of aromatic nitrogens is 3. The maximum atomic E-state index is 14.5. The molecular formula is C24H22ClF3N6O2. The molecule has 0 bridgehead atoms. The zero-order valence-corrected chi connectivity index (χ0v) is 19.9. The summed E-state index contributed by atoms with van der Waals surface area (Å²) in [5, 5.41) is 7.37. The molecule has 1 aliphatic heterocycles. The van der Waals surface area contributed by atoms with Crippen molar-refractivity contribution >= 4 is 40.8 Å². The Hall–Kier alpha value is -3.70. The van der Waals surface area contributed by atoms with Gasteiger partial charge < -0.3 is 20.5 Å². The van der Waals surface area contributed by atoms with Crippen LogP contribution in [0.5, 0.6) is 0 Å². The van der Waals surface area contributed by atoms with Crippen molar-refractivity contribution in [3.63, 3.8) is 0 Å². The first-order valence-corrected chi connectivity index (χ1v) is 11.0. The molecule has 1 fully saturated rings. The van der Waals surface area contributed by atoms with Gasteiger partial charge >= 0.3 is 0 Å². The molecule has 0 radical (unpaired) electrons. The van der Waals surface area contributed by atoms with E-state index in [9.17, 15) is 18.0 Å². The summed E-state index contributed by atoms with van der Waals surface area (Å²) in [6.45, 7) is 3.02. The molecule has 0 spiro atoms. The van der Waals surface area contributed by atoms with Gasteiger partial charge in [0.05, 0.1) is 34.2 Å². The van der Waals surface area contributed by atoms with Gasteiger partial charge in [-0.3, -0.25) is 4.79 Å². The number of aryl methyl sites for hydroxylation is 1. The van der Waals surface area contributed by atoms with Crippen LogP contribution in [0.3, 0.4) is 0 Å². The van der Waals surface area contributed by atoms with Crippen molar-refractivity contribution in [2.75, 3.05) is 23.3 Å². The van der Waals surface area contributed by atoms with E-state index < -0.39 is 34.6 Å². The van der Waals surface area contributed by atoms with E-state index >= 15 is 0 Å². The molecule has 4 heterocycles. The highest BCUT2D eigenvalue weighted by Gasteiger charge is 2.26. The summed E-state index contributed by atoms with van der Waals surface area (Å²) in [5.74, 6) is -3.65. The number of fused-ring (bicyclic) bond motifs is 1. The Kier molecular flexibility index (Phi) is 7.14. The number of amides is 1. The maximum Gasteiger partial charge on any atom is 0.274 e. The van der Waals surface area contributed by atoms with Gasteiger partial charge in [0.15, 0.2) is 0 Å². The van der Waals surface area contributed by atoms with Crippen LogP contribution in [0.25, 0.3) is 22.4 Å². The van der Waals surface area contributed by atoms with Crippen molar-refractivity contribution in [3.05, 3.63) is 65.4 Å². The van der Waals surface area contributed by atoms with Gasteiger partial charge in [0, 0.05) is 19.1 Å². The number of hydrogen-bond donors (Lipinski definition) is 2. The third-order valence-electron chi connectivity index (χ3n) is 5.95. The van der Waals surface area contributed by atoms with E-state index in [0.29, 0.717) is 41.3 Å². The summed E-state index contributed by atoms with van der Waals surface area (Å²) in [6.07, 6.45) is 3.17. The Bertz CT molecular complexity index is 1430. The Balaban J connectivity index is 0.00000304. The van der Waals surface area contributed by atoms with Gasteiger partial charge in [-0.15, -0.1) is 12.4 Å². The SMILES string of the molecule is Cc1noc2ncc(NC(=O)c3ccc(F)c(-c4c(F)cccc4F)n3)c(N3CCCC(N)C3)c12.Cl. The lowest BCUT2D eigenvalue weighted by molar-refractivity contribution is 0.102. The van der Waals surface area contributed by atoms with E-state index in [-0.39, 0.29) is 24.1 Å². The first-order chi connectivity index (χ1) is 16.8. The van der Waals surface area contributed by atoms with Crippen LogP contribution in [0, 0.1) is 24.4 Å². The molecule has 0 saturated carbocycles. The average molecular weight is 519 g/mol. The van der Waals surface area contributed by atoms with Gasteiger partial charge in [0.2, 0.25) is 0 Å². The third kappa shape index (κ3) is 4.59. The van der Waals surface area contributed by atoms with Crippen molar-refractivity contribution in [3.8, 4) is 11.3 Å². The molecule has 1 aromatic carbocycles. The number of halogens is 4. The predicted octanol–water partition coefficient (Wildman–Crippen LogP) is 4.61. The second-order valence-electron chi connectivity index (χ2n) is 8.39. The molecule has 4 aromatic rings. The molecule has 12 heteroatoms. The second-order valence-corrected chi connectivity index (χ2v) is 8.39. The Morgan fingerprint density at radius 1 is 1.17 bits per heavy atom. The number of nitrogens with zero attached hydrogens (tertiary/aromatic N) is 4. The lowest BCUT2D eigenvalue weighted by atomic mass is 10.0. The summed E-state index contributed by atoms with van der Waals surface area (Å²) >= 11 is 0. The fraction of sp³-hybridized carbons (Fsp3) is 0.250. The molecule has 1 amide bonds. The minimum atomic E-state index is -0.990. The highest BCUT2D eigenvalue weighted by molar-refractivity contribution is 6.08. The topological polar surface area (TPSA) is 110 Å². The van der Waals surface area contributed by atoms with Crippen LogP contribution in [-0.2, 0) is 0 Å². The van der Waals surface area contributed by atoms with E-state index in [1.807, 2.05) is 4.90 Å². The quantitative estimate of drug-likeness (QED) is 0.406. The van der Waals surface area contributed by atoms with Gasteiger partial charge in [-0.05, 0) is 44.0 Å². The number of nitrogens with one attached hydrogen (secondary N) is 1. The summed E-state index contributed by atoms with van der Waals surface area (Å²) < 4.78 is 48.3. The molecular weight excluding hydrogens is 497 g/mol.